The van der Waals surface area contributed by atoms with Crippen molar-refractivity contribution in [2.24, 2.45) is 17.1 Å². The molecule has 8 heteroatoms. The maximum atomic E-state index is 12.7. The molecule has 0 aromatic heterocycles. The SMILES string of the molecule is CC(C)(C)OC(=O)N1CC=C2C(C#N)=C(N)C(C#N)(C#N)[C@@H](c3ccc(Cl)cc3)[C@@H]2C1. The second-order valence-electron chi connectivity index (χ2n) is 8.61. The molecule has 31 heavy (non-hydrogen) atoms. The minimum absolute atomic E-state index is 0.0619. The molecule has 1 heterocycles. The second kappa shape index (κ2) is 7.99. The van der Waals surface area contributed by atoms with Gasteiger partial charge in [0.1, 0.15) is 11.7 Å². The van der Waals surface area contributed by atoms with E-state index in [0.717, 1.165) is 0 Å². The molecule has 0 bridgehead atoms. The fourth-order valence-corrected chi connectivity index (χ4v) is 4.33. The third-order valence-corrected chi connectivity index (χ3v) is 5.80. The number of nitrogens with two attached hydrogens (primary N) is 1. The van der Waals surface area contributed by atoms with Crippen LogP contribution in [0.2, 0.25) is 5.02 Å². The number of hydrogen-bond donors (Lipinski definition) is 1. The van der Waals surface area contributed by atoms with Crippen molar-refractivity contribution in [2.45, 2.75) is 32.3 Å². The Morgan fingerprint density at radius 3 is 2.35 bits per heavy atom. The van der Waals surface area contributed by atoms with Gasteiger partial charge in [-0.1, -0.05) is 29.8 Å². The maximum absolute atomic E-state index is 12.7. The summed E-state index contributed by atoms with van der Waals surface area (Å²) in [6.07, 6.45) is 1.25. The van der Waals surface area contributed by atoms with Crippen molar-refractivity contribution in [3.63, 3.8) is 0 Å². The summed E-state index contributed by atoms with van der Waals surface area (Å²) in [6.45, 7) is 5.75. The normalized spacial score (nSPS) is 22.4. The number of allylic oxidation sites excluding steroid dienone is 2. The zero-order valence-corrected chi connectivity index (χ0v) is 18.3. The van der Waals surface area contributed by atoms with Gasteiger partial charge >= 0.3 is 6.09 Å². The molecule has 2 N–H and O–H groups in total. The van der Waals surface area contributed by atoms with Crippen LogP contribution in [0.25, 0.3) is 0 Å². The molecule has 0 unspecified atom stereocenters. The monoisotopic (exact) mass is 435 g/mol. The van der Waals surface area contributed by atoms with E-state index in [9.17, 15) is 20.6 Å². The summed E-state index contributed by atoms with van der Waals surface area (Å²) in [5.74, 6) is -1.20. The number of nitrogens with zero attached hydrogens (tertiary/aromatic N) is 4. The molecular weight excluding hydrogens is 414 g/mol. The molecule has 1 aromatic carbocycles. The van der Waals surface area contributed by atoms with Gasteiger partial charge in [-0.25, -0.2) is 4.79 Å². The van der Waals surface area contributed by atoms with Gasteiger partial charge in [0, 0.05) is 29.9 Å². The van der Waals surface area contributed by atoms with E-state index < -0.39 is 28.9 Å². The number of halogens is 1. The molecule has 0 saturated heterocycles. The zero-order valence-electron chi connectivity index (χ0n) is 17.5. The van der Waals surface area contributed by atoms with E-state index in [4.69, 9.17) is 22.1 Å². The van der Waals surface area contributed by atoms with E-state index in [2.05, 4.69) is 18.2 Å². The number of amides is 1. The van der Waals surface area contributed by atoms with Gasteiger partial charge in [0.25, 0.3) is 0 Å². The number of fused-ring (bicyclic) bond motifs is 1. The Bertz CT molecular complexity index is 1080. The van der Waals surface area contributed by atoms with Gasteiger partial charge in [0.15, 0.2) is 5.41 Å². The first-order valence-electron chi connectivity index (χ1n) is 9.74. The van der Waals surface area contributed by atoms with Crippen LogP contribution in [0.1, 0.15) is 32.3 Å². The number of nitriles is 3. The predicted molar refractivity (Wildman–Crippen MR) is 114 cm³/mol. The van der Waals surface area contributed by atoms with Gasteiger partial charge in [-0.15, -0.1) is 0 Å². The zero-order chi connectivity index (χ0) is 23.0. The quantitative estimate of drug-likeness (QED) is 0.710. The topological polar surface area (TPSA) is 127 Å². The third-order valence-electron chi connectivity index (χ3n) is 5.55. The fourth-order valence-electron chi connectivity index (χ4n) is 4.20. The third kappa shape index (κ3) is 3.83. The van der Waals surface area contributed by atoms with Gasteiger partial charge in [-0.3, -0.25) is 0 Å². The van der Waals surface area contributed by atoms with Crippen molar-refractivity contribution in [3.05, 3.63) is 57.8 Å². The molecule has 2 aliphatic rings. The van der Waals surface area contributed by atoms with Gasteiger partial charge in [-0.2, -0.15) is 15.8 Å². The molecule has 1 aromatic rings. The molecular formula is C23H22ClN5O2. The minimum atomic E-state index is -1.77. The van der Waals surface area contributed by atoms with Crippen molar-refractivity contribution in [1.82, 2.24) is 4.90 Å². The first-order chi connectivity index (χ1) is 14.6. The van der Waals surface area contributed by atoms with Crippen molar-refractivity contribution in [1.29, 1.82) is 15.8 Å². The van der Waals surface area contributed by atoms with Gasteiger partial charge in [0.2, 0.25) is 0 Å². The summed E-state index contributed by atoms with van der Waals surface area (Å²) in [5.41, 5.74) is 5.21. The molecule has 1 amide bonds. The Balaban J connectivity index is 2.18. The summed E-state index contributed by atoms with van der Waals surface area (Å²) in [5, 5.41) is 30.4. The molecule has 7 nitrogen and oxygen atoms in total. The van der Waals surface area contributed by atoms with Crippen LogP contribution < -0.4 is 5.73 Å². The predicted octanol–water partition coefficient (Wildman–Crippen LogP) is 4.00. The second-order valence-corrected chi connectivity index (χ2v) is 9.05. The molecule has 158 valence electrons. The Hall–Kier alpha value is -3.47. The molecule has 2 atom stereocenters. The first-order valence-corrected chi connectivity index (χ1v) is 10.1. The summed E-state index contributed by atoms with van der Waals surface area (Å²) in [7, 11) is 0. The Morgan fingerprint density at radius 2 is 1.84 bits per heavy atom. The number of hydrogen-bond acceptors (Lipinski definition) is 6. The van der Waals surface area contributed by atoms with Crippen molar-refractivity contribution in [3.8, 4) is 18.2 Å². The van der Waals surface area contributed by atoms with Crippen molar-refractivity contribution < 1.29 is 9.53 Å². The molecule has 1 aliphatic heterocycles. The van der Waals surface area contributed by atoms with E-state index in [0.29, 0.717) is 16.2 Å². The van der Waals surface area contributed by atoms with Crippen LogP contribution in [0.15, 0.2) is 47.2 Å². The van der Waals surface area contributed by atoms with E-state index in [1.165, 1.54) is 4.90 Å². The Kier molecular flexibility index (Phi) is 5.72. The number of benzene rings is 1. The standard InChI is InChI=1S/C23H22ClN5O2/c1-22(2,3)31-21(30)29-9-8-16-17(10-25)20(28)23(12-26,13-27)19(18(16)11-29)14-4-6-15(24)7-5-14/h4-8,18-19H,9,11,28H2,1-3H3/t18-,19+/m1/s1. The van der Waals surface area contributed by atoms with Crippen molar-refractivity contribution >= 4 is 17.7 Å². The van der Waals surface area contributed by atoms with Crippen LogP contribution in [0.4, 0.5) is 4.79 Å². The van der Waals surface area contributed by atoms with E-state index in [1.54, 1.807) is 51.1 Å². The summed E-state index contributed by atoms with van der Waals surface area (Å²) in [6, 6.07) is 13.0. The fraction of sp³-hybridized carbons (Fsp3) is 0.391. The number of carbonyl (C=O) groups is 1. The Labute approximate surface area is 186 Å². The van der Waals surface area contributed by atoms with E-state index in [-0.39, 0.29) is 24.4 Å². The lowest BCUT2D eigenvalue weighted by Crippen LogP contribution is -2.50. The van der Waals surface area contributed by atoms with Crippen LogP contribution in [0.5, 0.6) is 0 Å². The lowest BCUT2D eigenvalue weighted by molar-refractivity contribution is 0.0224. The van der Waals surface area contributed by atoms with Gasteiger partial charge < -0.3 is 15.4 Å². The summed E-state index contributed by atoms with van der Waals surface area (Å²) in [4.78, 5) is 14.2. The van der Waals surface area contributed by atoms with Crippen LogP contribution in [0.3, 0.4) is 0 Å². The van der Waals surface area contributed by atoms with Crippen LogP contribution in [-0.4, -0.2) is 29.7 Å². The average molecular weight is 436 g/mol. The molecule has 3 rings (SSSR count). The van der Waals surface area contributed by atoms with Crippen LogP contribution in [0, 0.1) is 45.3 Å². The highest BCUT2D eigenvalue weighted by Crippen LogP contribution is 2.54. The minimum Gasteiger partial charge on any atom is -0.444 e. The molecule has 0 spiro atoms. The number of carbonyl (C=O) groups excluding carboxylic acids is 1. The van der Waals surface area contributed by atoms with Gasteiger partial charge in [0.05, 0.1) is 23.4 Å². The summed E-state index contributed by atoms with van der Waals surface area (Å²) >= 11 is 6.04. The van der Waals surface area contributed by atoms with Crippen LogP contribution in [-0.2, 0) is 4.74 Å². The highest BCUT2D eigenvalue weighted by molar-refractivity contribution is 6.30. The van der Waals surface area contributed by atoms with Gasteiger partial charge in [-0.05, 0) is 44.0 Å². The number of ether oxygens (including phenoxy) is 1. The average Bonchev–Trinajstić information content (AvgIpc) is 2.72. The summed E-state index contributed by atoms with van der Waals surface area (Å²) < 4.78 is 5.50. The first kappa shape index (κ1) is 22.2. The van der Waals surface area contributed by atoms with Crippen molar-refractivity contribution in [2.75, 3.05) is 13.1 Å². The molecule has 1 aliphatic carbocycles. The van der Waals surface area contributed by atoms with E-state index >= 15 is 0 Å². The smallest absolute Gasteiger partial charge is 0.410 e. The van der Waals surface area contributed by atoms with Crippen LogP contribution >= 0.6 is 11.6 Å². The molecule has 0 radical (unpaired) electrons. The largest absolute Gasteiger partial charge is 0.444 e. The lowest BCUT2D eigenvalue weighted by atomic mass is 9.58. The van der Waals surface area contributed by atoms with E-state index in [1.807, 2.05) is 0 Å². The maximum Gasteiger partial charge on any atom is 0.410 e. The highest BCUT2D eigenvalue weighted by Gasteiger charge is 2.54. The molecule has 0 saturated carbocycles. The highest BCUT2D eigenvalue weighted by atomic mass is 35.5. The Morgan fingerprint density at radius 1 is 1.23 bits per heavy atom. The number of rotatable bonds is 1. The molecule has 0 fully saturated rings. The lowest BCUT2D eigenvalue weighted by Gasteiger charge is -2.45.